The van der Waals surface area contributed by atoms with Crippen LogP contribution in [0.4, 0.5) is 10.5 Å². The minimum atomic E-state index is -0.442. The molecule has 2 aromatic rings. The summed E-state index contributed by atoms with van der Waals surface area (Å²) in [7, 11) is 0. The average Bonchev–Trinajstić information content (AvgIpc) is 2.91. The van der Waals surface area contributed by atoms with Crippen LogP contribution in [0, 0.1) is 3.57 Å². The second-order valence-corrected chi connectivity index (χ2v) is 8.16. The fourth-order valence-corrected chi connectivity index (χ4v) is 3.71. The number of anilines is 1. The molecule has 0 atom stereocenters. The molecule has 0 spiro atoms. The van der Waals surface area contributed by atoms with Gasteiger partial charge in [-0.15, -0.1) is 0 Å². The number of hydrogen-bond acceptors (Lipinski definition) is 4. The molecule has 3 rings (SSSR count). The number of benzene rings is 2. The monoisotopic (exact) mass is 492 g/mol. The van der Waals surface area contributed by atoms with Gasteiger partial charge in [0, 0.05) is 9.26 Å². The number of carbonyl (C=O) groups excluding carboxylic acids is 3. The molecule has 2 aromatic carbocycles. The zero-order valence-corrected chi connectivity index (χ0v) is 17.5. The average molecular weight is 492 g/mol. The van der Waals surface area contributed by atoms with Crippen LogP contribution >= 0.6 is 34.4 Å². The van der Waals surface area contributed by atoms with Gasteiger partial charge in [0.2, 0.25) is 5.91 Å². The summed E-state index contributed by atoms with van der Waals surface area (Å²) in [5.41, 5.74) is 2.67. The van der Waals surface area contributed by atoms with Gasteiger partial charge >= 0.3 is 0 Å². The van der Waals surface area contributed by atoms with Crippen LogP contribution < -0.4 is 5.32 Å². The van der Waals surface area contributed by atoms with Crippen molar-refractivity contribution in [3.8, 4) is 0 Å². The Hall–Kier alpha value is -2.13. The number of halogens is 1. The highest BCUT2D eigenvalue weighted by atomic mass is 127. The lowest BCUT2D eigenvalue weighted by molar-refractivity contribution is -0.127. The molecule has 0 bridgehead atoms. The normalized spacial score (nSPS) is 15.5. The Balaban J connectivity index is 1.67. The van der Waals surface area contributed by atoms with Gasteiger partial charge in [-0.1, -0.05) is 31.2 Å². The van der Waals surface area contributed by atoms with Gasteiger partial charge in [0.25, 0.3) is 11.1 Å². The quantitative estimate of drug-likeness (QED) is 0.492. The highest BCUT2D eigenvalue weighted by Crippen LogP contribution is 2.32. The van der Waals surface area contributed by atoms with Gasteiger partial charge in [-0.3, -0.25) is 19.3 Å². The lowest BCUT2D eigenvalue weighted by Gasteiger charge is -2.12. The Bertz CT molecular complexity index is 908. The summed E-state index contributed by atoms with van der Waals surface area (Å²) in [6.45, 7) is 1.77. The SMILES string of the molecule is CCc1ccc(/C=C2\SC(=O)N(CC(=O)Nc3ccc(I)cc3)C2=O)cc1. The highest BCUT2D eigenvalue weighted by molar-refractivity contribution is 14.1. The second-order valence-electron chi connectivity index (χ2n) is 5.92. The van der Waals surface area contributed by atoms with E-state index < -0.39 is 17.1 Å². The molecule has 3 amide bonds. The standard InChI is InChI=1S/C20H17IN2O3S/c1-2-13-3-5-14(6-4-13)11-17-19(25)23(20(26)27-17)12-18(24)22-16-9-7-15(21)8-10-16/h3-11H,2,12H2,1H3,(H,22,24)/b17-11-. The first-order valence-corrected chi connectivity index (χ1v) is 10.3. The van der Waals surface area contributed by atoms with E-state index in [-0.39, 0.29) is 6.54 Å². The van der Waals surface area contributed by atoms with E-state index in [9.17, 15) is 14.4 Å². The maximum absolute atomic E-state index is 12.5. The molecular formula is C20H17IN2O3S. The van der Waals surface area contributed by atoms with Crippen molar-refractivity contribution >= 4 is 63.2 Å². The first kappa shape index (κ1) is 19.6. The first-order valence-electron chi connectivity index (χ1n) is 8.36. The third-order valence-electron chi connectivity index (χ3n) is 3.99. The number of hydrogen-bond donors (Lipinski definition) is 1. The van der Waals surface area contributed by atoms with Gasteiger partial charge in [0.05, 0.1) is 4.91 Å². The minimum absolute atomic E-state index is 0.303. The summed E-state index contributed by atoms with van der Waals surface area (Å²) in [5.74, 6) is -0.852. The highest BCUT2D eigenvalue weighted by Gasteiger charge is 2.36. The van der Waals surface area contributed by atoms with E-state index >= 15 is 0 Å². The number of aryl methyl sites for hydroxylation is 1. The van der Waals surface area contributed by atoms with Crippen molar-refractivity contribution < 1.29 is 14.4 Å². The molecule has 0 aromatic heterocycles. The smallest absolute Gasteiger partial charge is 0.294 e. The lowest BCUT2D eigenvalue weighted by Crippen LogP contribution is -2.36. The van der Waals surface area contributed by atoms with E-state index in [1.54, 1.807) is 18.2 Å². The molecule has 138 valence electrons. The van der Waals surface area contributed by atoms with Crippen molar-refractivity contribution in [1.82, 2.24) is 4.90 Å². The molecule has 1 fully saturated rings. The maximum Gasteiger partial charge on any atom is 0.294 e. The summed E-state index contributed by atoms with van der Waals surface area (Å²) < 4.78 is 1.05. The first-order chi connectivity index (χ1) is 13.0. The third kappa shape index (κ3) is 4.98. The second kappa shape index (κ2) is 8.71. The van der Waals surface area contributed by atoms with Gasteiger partial charge in [0.1, 0.15) is 6.54 Å². The van der Waals surface area contributed by atoms with Crippen molar-refractivity contribution in [1.29, 1.82) is 0 Å². The van der Waals surface area contributed by atoms with E-state index in [0.29, 0.717) is 10.6 Å². The van der Waals surface area contributed by atoms with Crippen LogP contribution in [-0.2, 0) is 16.0 Å². The van der Waals surface area contributed by atoms with Crippen molar-refractivity contribution in [2.24, 2.45) is 0 Å². The van der Waals surface area contributed by atoms with Crippen LogP contribution in [0.25, 0.3) is 6.08 Å². The van der Waals surface area contributed by atoms with Gasteiger partial charge in [-0.25, -0.2) is 0 Å². The van der Waals surface area contributed by atoms with Gasteiger partial charge in [-0.2, -0.15) is 0 Å². The largest absolute Gasteiger partial charge is 0.325 e. The van der Waals surface area contributed by atoms with Crippen molar-refractivity contribution in [2.45, 2.75) is 13.3 Å². The Labute approximate surface area is 175 Å². The Morgan fingerprint density at radius 2 is 1.78 bits per heavy atom. The van der Waals surface area contributed by atoms with Crippen molar-refractivity contribution in [2.75, 3.05) is 11.9 Å². The molecule has 1 aliphatic heterocycles. The molecule has 0 aliphatic carbocycles. The van der Waals surface area contributed by atoms with Crippen LogP contribution in [0.3, 0.4) is 0 Å². The summed E-state index contributed by atoms with van der Waals surface area (Å²) in [4.78, 5) is 38.2. The van der Waals surface area contributed by atoms with E-state index in [0.717, 1.165) is 32.2 Å². The number of thioether (sulfide) groups is 1. The van der Waals surface area contributed by atoms with Crippen LogP contribution in [0.1, 0.15) is 18.1 Å². The van der Waals surface area contributed by atoms with E-state index in [2.05, 4.69) is 34.8 Å². The molecule has 7 heteroatoms. The fourth-order valence-electron chi connectivity index (χ4n) is 2.51. The molecule has 0 saturated carbocycles. The summed E-state index contributed by atoms with van der Waals surface area (Å²) in [6, 6.07) is 15.1. The molecular weight excluding hydrogens is 475 g/mol. The number of amides is 3. The zero-order chi connectivity index (χ0) is 19.4. The zero-order valence-electron chi connectivity index (χ0n) is 14.6. The van der Waals surface area contributed by atoms with Crippen LogP contribution in [0.2, 0.25) is 0 Å². The van der Waals surface area contributed by atoms with E-state index in [4.69, 9.17) is 0 Å². The van der Waals surface area contributed by atoms with Crippen LogP contribution in [-0.4, -0.2) is 28.5 Å². The predicted octanol–water partition coefficient (Wildman–Crippen LogP) is 4.53. The van der Waals surface area contributed by atoms with Crippen molar-refractivity contribution in [3.05, 3.63) is 68.1 Å². The van der Waals surface area contributed by atoms with Gasteiger partial charge in [-0.05, 0) is 82.2 Å². The lowest BCUT2D eigenvalue weighted by atomic mass is 10.1. The Kier molecular flexibility index (Phi) is 6.33. The number of carbonyl (C=O) groups is 3. The predicted molar refractivity (Wildman–Crippen MR) is 116 cm³/mol. The molecule has 1 aliphatic rings. The summed E-state index contributed by atoms with van der Waals surface area (Å²) >= 11 is 3.03. The number of rotatable bonds is 5. The molecule has 0 radical (unpaired) electrons. The third-order valence-corrected chi connectivity index (χ3v) is 5.62. The topological polar surface area (TPSA) is 66.5 Å². The van der Waals surface area contributed by atoms with Crippen LogP contribution in [0.5, 0.6) is 0 Å². The van der Waals surface area contributed by atoms with E-state index in [1.807, 2.05) is 36.4 Å². The Morgan fingerprint density at radius 1 is 1.11 bits per heavy atom. The molecule has 0 unspecified atom stereocenters. The summed E-state index contributed by atoms with van der Waals surface area (Å²) in [6.07, 6.45) is 2.62. The molecule has 1 heterocycles. The maximum atomic E-state index is 12.5. The molecule has 1 N–H and O–H groups in total. The molecule has 5 nitrogen and oxygen atoms in total. The minimum Gasteiger partial charge on any atom is -0.325 e. The summed E-state index contributed by atoms with van der Waals surface area (Å²) in [5, 5.41) is 2.26. The van der Waals surface area contributed by atoms with Crippen LogP contribution in [0.15, 0.2) is 53.4 Å². The number of imide groups is 1. The Morgan fingerprint density at radius 3 is 2.41 bits per heavy atom. The number of nitrogens with zero attached hydrogens (tertiary/aromatic N) is 1. The van der Waals surface area contributed by atoms with Gasteiger partial charge in [0.15, 0.2) is 0 Å². The van der Waals surface area contributed by atoms with Crippen molar-refractivity contribution in [3.63, 3.8) is 0 Å². The fraction of sp³-hybridized carbons (Fsp3) is 0.150. The molecule has 1 saturated heterocycles. The van der Waals surface area contributed by atoms with E-state index in [1.165, 1.54) is 5.56 Å². The van der Waals surface area contributed by atoms with Gasteiger partial charge < -0.3 is 5.32 Å². The number of nitrogens with one attached hydrogen (secondary N) is 1. The molecule has 27 heavy (non-hydrogen) atoms.